The second-order valence-corrected chi connectivity index (χ2v) is 1.42. The Morgan fingerprint density at radius 2 is 1.43 bits per heavy atom. The van der Waals surface area contributed by atoms with E-state index in [2.05, 4.69) is 0 Å². The van der Waals surface area contributed by atoms with Crippen molar-refractivity contribution in [2.45, 2.75) is 0 Å². The molecule has 3 nitrogen and oxygen atoms in total. The molecule has 0 aromatic rings. The van der Waals surface area contributed by atoms with E-state index < -0.39 is 7.91 Å². The Kier molecular flexibility index (Phi) is 10.9. The van der Waals surface area contributed by atoms with Gasteiger partial charge in [0.15, 0.2) is 0 Å². The molecule has 0 amide bonds. The molecule has 7 heteroatoms. The molecule has 0 fully saturated rings. The van der Waals surface area contributed by atoms with E-state index >= 15 is 0 Å². The van der Waals surface area contributed by atoms with Crippen molar-refractivity contribution >= 4 is 35.2 Å². The average Bonchev–Trinajstić information content (AvgIpc) is 0.722. The molecule has 2 N–H and O–H groups in total. The first-order valence-corrected chi connectivity index (χ1v) is 2.25. The molecule has 0 aromatic heterocycles. The van der Waals surface area contributed by atoms with Crippen LogP contribution in [0.2, 0.25) is 0 Å². The van der Waals surface area contributed by atoms with Crippen LogP contribution < -0.4 is 0 Å². The summed E-state index contributed by atoms with van der Waals surface area (Å²) in [5, 5.41) is 0. The van der Waals surface area contributed by atoms with Crippen LogP contribution in [0, 0.1) is 0 Å². The molecule has 0 atom stereocenters. The summed E-state index contributed by atoms with van der Waals surface area (Å²) >= 11 is 0. The Bertz CT molecular complexity index is 61.1. The first-order chi connectivity index (χ1) is 2.00. The van der Waals surface area contributed by atoms with Crippen LogP contribution in [0.4, 0.5) is 4.20 Å². The number of rotatable bonds is 0. The van der Waals surface area contributed by atoms with Gasteiger partial charge in [-0.05, 0) is 0 Å². The molecular formula is H6BFLiO3P. The van der Waals surface area contributed by atoms with Crippen LogP contribution in [0.1, 0.15) is 0 Å². The third-order valence-electron chi connectivity index (χ3n) is 0. The predicted octanol–water partition coefficient (Wildman–Crippen LogP) is -1.78. The van der Waals surface area contributed by atoms with E-state index in [0.717, 1.165) is 0 Å². The van der Waals surface area contributed by atoms with Crippen LogP contribution in [-0.2, 0) is 4.57 Å². The van der Waals surface area contributed by atoms with E-state index in [1.54, 1.807) is 0 Å². The van der Waals surface area contributed by atoms with E-state index in [-0.39, 0.29) is 27.3 Å². The molecular weight excluding hydrogens is 116 g/mol. The third kappa shape index (κ3) is 275. The Morgan fingerprint density at radius 3 is 1.43 bits per heavy atom. The SMILES string of the molecule is B.O=P(O)(O)F.[LiH]. The van der Waals surface area contributed by atoms with Gasteiger partial charge in [0.1, 0.15) is 0 Å². The Morgan fingerprint density at radius 1 is 1.43 bits per heavy atom. The first-order valence-electron chi connectivity index (χ1n) is 0.752. The van der Waals surface area contributed by atoms with Gasteiger partial charge in [-0.25, -0.2) is 4.57 Å². The summed E-state index contributed by atoms with van der Waals surface area (Å²) < 4.78 is 19.0. The first kappa shape index (κ1) is 15.6. The van der Waals surface area contributed by atoms with Gasteiger partial charge in [-0.2, -0.15) is 0 Å². The molecule has 0 saturated heterocycles. The van der Waals surface area contributed by atoms with Gasteiger partial charge in [-0.3, -0.25) is 9.79 Å². The van der Waals surface area contributed by atoms with Crippen molar-refractivity contribution in [1.29, 1.82) is 0 Å². The van der Waals surface area contributed by atoms with Crippen LogP contribution >= 0.6 is 7.91 Å². The zero-order chi connectivity index (χ0) is 4.50. The maximum atomic E-state index is 10.4. The van der Waals surface area contributed by atoms with Crippen LogP contribution in [-0.4, -0.2) is 37.1 Å². The summed E-state index contributed by atoms with van der Waals surface area (Å²) in [5.74, 6) is 0. The van der Waals surface area contributed by atoms with E-state index in [0.29, 0.717) is 0 Å². The maximum absolute atomic E-state index is 10.4. The van der Waals surface area contributed by atoms with Gasteiger partial charge in [-0.1, -0.05) is 0 Å². The quantitative estimate of drug-likeness (QED) is 0.294. The second kappa shape index (κ2) is 4.89. The van der Waals surface area contributed by atoms with Gasteiger partial charge >= 0.3 is 26.8 Å². The summed E-state index contributed by atoms with van der Waals surface area (Å²) in [4.78, 5) is 13.9. The molecule has 0 aliphatic carbocycles. The Labute approximate surface area is 54.3 Å². The van der Waals surface area contributed by atoms with E-state index in [4.69, 9.17) is 14.4 Å². The van der Waals surface area contributed by atoms with Crippen LogP contribution in [0.3, 0.4) is 0 Å². The van der Waals surface area contributed by atoms with Crippen LogP contribution in [0.15, 0.2) is 0 Å². The second-order valence-electron chi connectivity index (χ2n) is 0.473. The van der Waals surface area contributed by atoms with Crippen molar-refractivity contribution in [3.63, 3.8) is 0 Å². The molecule has 7 heavy (non-hydrogen) atoms. The molecule has 0 spiro atoms. The standard InChI is InChI=1S/BH3.FH2O3P.Li.H/c;1-5(2,3)4;;/h1H3;(H2,2,3,4);;. The fourth-order valence-corrected chi connectivity index (χ4v) is 0. The molecule has 0 aliphatic heterocycles. The molecule has 0 unspecified atom stereocenters. The van der Waals surface area contributed by atoms with Gasteiger partial charge in [0.05, 0.1) is 8.41 Å². The van der Waals surface area contributed by atoms with Crippen molar-refractivity contribution < 1.29 is 18.5 Å². The Hall–Kier alpha value is 0.742. The van der Waals surface area contributed by atoms with Crippen molar-refractivity contribution in [1.82, 2.24) is 0 Å². The van der Waals surface area contributed by atoms with E-state index in [1.807, 2.05) is 0 Å². The molecule has 0 bridgehead atoms. The molecule has 0 heterocycles. The fourth-order valence-electron chi connectivity index (χ4n) is 0. The molecule has 0 rings (SSSR count). The molecule has 0 aromatic carbocycles. The van der Waals surface area contributed by atoms with Crippen molar-refractivity contribution in [2.24, 2.45) is 0 Å². The summed E-state index contributed by atoms with van der Waals surface area (Å²) in [7, 11) is -5.14. The van der Waals surface area contributed by atoms with E-state index in [1.165, 1.54) is 0 Å². The number of halogens is 1. The zero-order valence-electron chi connectivity index (χ0n) is 2.13. The molecule has 0 saturated carbocycles. The van der Waals surface area contributed by atoms with Gasteiger partial charge in [0.25, 0.3) is 0 Å². The third-order valence-corrected chi connectivity index (χ3v) is 0. The summed E-state index contributed by atoms with van der Waals surface area (Å²) in [6.07, 6.45) is 0. The topological polar surface area (TPSA) is 57.5 Å². The van der Waals surface area contributed by atoms with Gasteiger partial charge in [0, 0.05) is 0 Å². The van der Waals surface area contributed by atoms with Gasteiger partial charge in [0.2, 0.25) is 0 Å². The molecule has 0 radical (unpaired) electrons. The zero-order valence-corrected chi connectivity index (χ0v) is 3.02. The summed E-state index contributed by atoms with van der Waals surface area (Å²) in [6.45, 7) is 0. The molecule has 0 aliphatic rings. The van der Waals surface area contributed by atoms with Crippen LogP contribution in [0.25, 0.3) is 0 Å². The fraction of sp³-hybridized carbons (Fsp3) is 0. The van der Waals surface area contributed by atoms with Gasteiger partial charge < -0.3 is 0 Å². The minimum absolute atomic E-state index is 0. The average molecular weight is 122 g/mol. The summed E-state index contributed by atoms with van der Waals surface area (Å²) in [5.41, 5.74) is 0. The number of hydrogen-bond donors (Lipinski definition) is 2. The van der Waals surface area contributed by atoms with Crippen molar-refractivity contribution in [3.05, 3.63) is 0 Å². The summed E-state index contributed by atoms with van der Waals surface area (Å²) in [6, 6.07) is 0. The van der Waals surface area contributed by atoms with Gasteiger partial charge in [-0.15, -0.1) is 4.20 Å². The monoisotopic (exact) mass is 122 g/mol. The Balaban J connectivity index is -0.0000000800. The van der Waals surface area contributed by atoms with Crippen molar-refractivity contribution in [2.75, 3.05) is 0 Å². The van der Waals surface area contributed by atoms with Crippen molar-refractivity contribution in [3.8, 4) is 0 Å². The van der Waals surface area contributed by atoms with E-state index in [9.17, 15) is 4.20 Å². The predicted molar refractivity (Wildman–Crippen MR) is 30.2 cm³/mol. The normalized spacial score (nSPS) is 8.43. The minimum atomic E-state index is -5.14. The van der Waals surface area contributed by atoms with Crippen LogP contribution in [0.5, 0.6) is 0 Å². The molecule has 40 valence electrons. The number of hydrogen-bond acceptors (Lipinski definition) is 1.